The number of furan rings is 1. The van der Waals surface area contributed by atoms with E-state index in [0.717, 1.165) is 25.9 Å². The van der Waals surface area contributed by atoms with Crippen LogP contribution in [0.4, 0.5) is 0 Å². The molecular formula is C10H14N2O2. The fraction of sp³-hybridized carbons (Fsp3) is 0.500. The summed E-state index contributed by atoms with van der Waals surface area (Å²) < 4.78 is 5.23. The van der Waals surface area contributed by atoms with Crippen molar-refractivity contribution in [2.75, 3.05) is 13.1 Å². The standard InChI is InChI=1S/C10H14N2O2/c11-10(13)9(8-4-3-7-14-8)12-5-1-2-6-12/h3-4,7,9H,1-2,5-6H2,(H2,11,13). The molecule has 2 heterocycles. The summed E-state index contributed by atoms with van der Waals surface area (Å²) >= 11 is 0. The molecule has 2 N–H and O–H groups in total. The number of primary amides is 1. The van der Waals surface area contributed by atoms with E-state index in [1.807, 2.05) is 0 Å². The van der Waals surface area contributed by atoms with E-state index < -0.39 is 0 Å². The Morgan fingerprint density at radius 3 is 2.71 bits per heavy atom. The number of hydrogen-bond acceptors (Lipinski definition) is 3. The summed E-state index contributed by atoms with van der Waals surface area (Å²) in [5.41, 5.74) is 5.37. The highest BCUT2D eigenvalue weighted by atomic mass is 16.3. The Labute approximate surface area is 82.7 Å². The molecule has 76 valence electrons. The predicted molar refractivity (Wildman–Crippen MR) is 51.5 cm³/mol. The second-order valence-electron chi connectivity index (χ2n) is 3.56. The maximum absolute atomic E-state index is 11.3. The topological polar surface area (TPSA) is 59.5 Å². The molecule has 0 aliphatic carbocycles. The molecule has 1 aliphatic heterocycles. The molecule has 14 heavy (non-hydrogen) atoms. The Morgan fingerprint density at radius 2 is 2.21 bits per heavy atom. The Morgan fingerprint density at radius 1 is 1.50 bits per heavy atom. The molecule has 0 aromatic carbocycles. The SMILES string of the molecule is NC(=O)C(c1ccco1)N1CCCC1. The molecule has 1 aromatic heterocycles. The van der Waals surface area contributed by atoms with Gasteiger partial charge in [-0.3, -0.25) is 9.69 Å². The van der Waals surface area contributed by atoms with Crippen molar-refractivity contribution in [3.63, 3.8) is 0 Å². The van der Waals surface area contributed by atoms with Crippen molar-refractivity contribution in [3.05, 3.63) is 24.2 Å². The second-order valence-corrected chi connectivity index (χ2v) is 3.56. The molecule has 1 aromatic rings. The summed E-state index contributed by atoms with van der Waals surface area (Å²) in [5.74, 6) is 0.321. The van der Waals surface area contributed by atoms with Gasteiger partial charge in [0.1, 0.15) is 11.8 Å². The Hall–Kier alpha value is -1.29. The number of hydrogen-bond donors (Lipinski definition) is 1. The van der Waals surface area contributed by atoms with E-state index in [-0.39, 0.29) is 11.9 Å². The fourth-order valence-corrected chi connectivity index (χ4v) is 1.95. The van der Waals surface area contributed by atoms with Crippen molar-refractivity contribution in [1.29, 1.82) is 0 Å². The first-order valence-corrected chi connectivity index (χ1v) is 4.86. The fourth-order valence-electron chi connectivity index (χ4n) is 1.95. The summed E-state index contributed by atoms with van der Waals surface area (Å²) in [4.78, 5) is 13.4. The van der Waals surface area contributed by atoms with Gasteiger partial charge in [0.25, 0.3) is 0 Å². The Bertz CT molecular complexity index is 302. The summed E-state index contributed by atoms with van der Waals surface area (Å²) in [7, 11) is 0. The van der Waals surface area contributed by atoms with Crippen molar-refractivity contribution >= 4 is 5.91 Å². The molecule has 0 radical (unpaired) electrons. The number of amides is 1. The van der Waals surface area contributed by atoms with Crippen LogP contribution in [-0.4, -0.2) is 23.9 Å². The number of rotatable bonds is 3. The largest absolute Gasteiger partial charge is 0.467 e. The van der Waals surface area contributed by atoms with Gasteiger partial charge >= 0.3 is 0 Å². The number of carbonyl (C=O) groups is 1. The maximum atomic E-state index is 11.3. The lowest BCUT2D eigenvalue weighted by atomic mass is 10.2. The highest BCUT2D eigenvalue weighted by molar-refractivity contribution is 5.80. The molecule has 1 amide bonds. The van der Waals surface area contributed by atoms with Crippen LogP contribution < -0.4 is 5.73 Å². The summed E-state index contributed by atoms with van der Waals surface area (Å²) in [6.07, 6.45) is 3.83. The minimum Gasteiger partial charge on any atom is -0.467 e. The van der Waals surface area contributed by atoms with Gasteiger partial charge in [-0.1, -0.05) is 0 Å². The first kappa shape index (κ1) is 9.27. The van der Waals surface area contributed by atoms with E-state index in [2.05, 4.69) is 4.90 Å². The van der Waals surface area contributed by atoms with E-state index in [0.29, 0.717) is 5.76 Å². The number of carbonyl (C=O) groups excluding carboxylic acids is 1. The van der Waals surface area contributed by atoms with Crippen molar-refractivity contribution in [3.8, 4) is 0 Å². The van der Waals surface area contributed by atoms with Crippen molar-refractivity contribution in [2.45, 2.75) is 18.9 Å². The molecule has 0 spiro atoms. The normalized spacial score (nSPS) is 19.7. The van der Waals surface area contributed by atoms with Crippen LogP contribution in [0.2, 0.25) is 0 Å². The molecule has 0 saturated carbocycles. The third kappa shape index (κ3) is 1.65. The summed E-state index contributed by atoms with van der Waals surface area (Å²) in [6.45, 7) is 1.85. The minimum absolute atomic E-state index is 0.332. The first-order chi connectivity index (χ1) is 6.79. The maximum Gasteiger partial charge on any atom is 0.242 e. The molecular weight excluding hydrogens is 180 g/mol. The minimum atomic E-state index is -0.382. The second kappa shape index (κ2) is 3.84. The van der Waals surface area contributed by atoms with E-state index in [1.165, 1.54) is 0 Å². The lowest BCUT2D eigenvalue weighted by Gasteiger charge is -2.22. The number of nitrogens with zero attached hydrogens (tertiary/aromatic N) is 1. The van der Waals surface area contributed by atoms with Crippen LogP contribution in [-0.2, 0) is 4.79 Å². The van der Waals surface area contributed by atoms with Crippen LogP contribution in [0.15, 0.2) is 22.8 Å². The van der Waals surface area contributed by atoms with Crippen molar-refractivity contribution in [1.82, 2.24) is 4.90 Å². The van der Waals surface area contributed by atoms with Crippen molar-refractivity contribution < 1.29 is 9.21 Å². The van der Waals surface area contributed by atoms with E-state index in [4.69, 9.17) is 10.2 Å². The third-order valence-corrected chi connectivity index (χ3v) is 2.59. The zero-order chi connectivity index (χ0) is 9.97. The molecule has 1 aliphatic rings. The lowest BCUT2D eigenvalue weighted by Crippen LogP contribution is -2.35. The lowest BCUT2D eigenvalue weighted by molar-refractivity contribution is -0.123. The van der Waals surface area contributed by atoms with Crippen LogP contribution in [0.3, 0.4) is 0 Å². The number of likely N-dealkylation sites (tertiary alicyclic amines) is 1. The van der Waals surface area contributed by atoms with E-state index in [1.54, 1.807) is 18.4 Å². The first-order valence-electron chi connectivity index (χ1n) is 4.86. The van der Waals surface area contributed by atoms with Crippen LogP contribution in [0.25, 0.3) is 0 Å². The highest BCUT2D eigenvalue weighted by Gasteiger charge is 2.29. The van der Waals surface area contributed by atoms with Crippen molar-refractivity contribution in [2.24, 2.45) is 5.73 Å². The molecule has 1 saturated heterocycles. The Balaban J connectivity index is 2.19. The van der Waals surface area contributed by atoms with Gasteiger partial charge in [-0.05, 0) is 38.1 Å². The van der Waals surface area contributed by atoms with Crippen LogP contribution >= 0.6 is 0 Å². The van der Waals surface area contributed by atoms with Gasteiger partial charge in [-0.15, -0.1) is 0 Å². The van der Waals surface area contributed by atoms with E-state index in [9.17, 15) is 4.79 Å². The van der Waals surface area contributed by atoms with Crippen LogP contribution in [0.5, 0.6) is 0 Å². The summed E-state index contributed by atoms with van der Waals surface area (Å²) in [5, 5.41) is 0. The molecule has 0 bridgehead atoms. The quantitative estimate of drug-likeness (QED) is 0.777. The summed E-state index contributed by atoms with van der Waals surface area (Å²) in [6, 6.07) is 3.20. The molecule has 2 rings (SSSR count). The molecule has 1 fully saturated rings. The Kier molecular flexibility index (Phi) is 2.54. The average Bonchev–Trinajstić information content (AvgIpc) is 2.75. The van der Waals surface area contributed by atoms with Gasteiger partial charge in [-0.25, -0.2) is 0 Å². The monoisotopic (exact) mass is 194 g/mol. The molecule has 4 nitrogen and oxygen atoms in total. The predicted octanol–water partition coefficient (Wildman–Crippen LogP) is 0.902. The molecule has 4 heteroatoms. The number of nitrogens with two attached hydrogens (primary N) is 1. The van der Waals surface area contributed by atoms with Crippen LogP contribution in [0, 0.1) is 0 Å². The smallest absolute Gasteiger partial charge is 0.242 e. The van der Waals surface area contributed by atoms with Gasteiger partial charge < -0.3 is 10.2 Å². The molecule has 1 atom stereocenters. The van der Waals surface area contributed by atoms with E-state index >= 15 is 0 Å². The zero-order valence-corrected chi connectivity index (χ0v) is 7.98. The van der Waals surface area contributed by atoms with Gasteiger partial charge in [0.15, 0.2) is 0 Å². The van der Waals surface area contributed by atoms with Gasteiger partial charge in [-0.2, -0.15) is 0 Å². The van der Waals surface area contributed by atoms with Gasteiger partial charge in [0.05, 0.1) is 6.26 Å². The zero-order valence-electron chi connectivity index (χ0n) is 7.98. The third-order valence-electron chi connectivity index (χ3n) is 2.59. The van der Waals surface area contributed by atoms with Crippen LogP contribution in [0.1, 0.15) is 24.6 Å². The highest BCUT2D eigenvalue weighted by Crippen LogP contribution is 2.24. The van der Waals surface area contributed by atoms with Gasteiger partial charge in [0, 0.05) is 0 Å². The van der Waals surface area contributed by atoms with Gasteiger partial charge in [0.2, 0.25) is 5.91 Å². The average molecular weight is 194 g/mol. The molecule has 1 unspecified atom stereocenters.